The summed E-state index contributed by atoms with van der Waals surface area (Å²) in [5.74, 6) is -3.67. The smallest absolute Gasteiger partial charge is 0.305 e. The zero-order chi connectivity index (χ0) is 15.4. The number of halogens is 2. The first kappa shape index (κ1) is 15.0. The fourth-order valence-electron chi connectivity index (χ4n) is 1.64. The maximum Gasteiger partial charge on any atom is 0.305 e. The zero-order valence-corrected chi connectivity index (χ0v) is 11.3. The molecule has 1 N–H and O–H groups in total. The molecule has 0 radical (unpaired) electrons. The number of nitrogens with one attached hydrogen (secondary N) is 1. The second-order valence-corrected chi connectivity index (χ2v) is 4.72. The molecule has 9 heteroatoms. The van der Waals surface area contributed by atoms with Gasteiger partial charge in [-0.1, -0.05) is 0 Å². The molecule has 1 aromatic heterocycles. The minimum atomic E-state index is -1.48. The van der Waals surface area contributed by atoms with Crippen LogP contribution in [0.3, 0.4) is 0 Å². The Kier molecular flexibility index (Phi) is 4.53. The minimum absolute atomic E-state index is 0.115. The molecule has 0 aliphatic heterocycles. The monoisotopic (exact) mass is 313 g/mol. The number of rotatable bonds is 5. The number of thiazole rings is 1. The Balaban J connectivity index is 2.11. The molecule has 1 heterocycles. The van der Waals surface area contributed by atoms with E-state index in [1.165, 1.54) is 11.3 Å². The van der Waals surface area contributed by atoms with Crippen LogP contribution in [0.4, 0.5) is 14.5 Å². The van der Waals surface area contributed by atoms with Crippen LogP contribution >= 0.6 is 11.3 Å². The van der Waals surface area contributed by atoms with E-state index in [0.29, 0.717) is 18.6 Å². The van der Waals surface area contributed by atoms with Crippen LogP contribution in [-0.2, 0) is 6.42 Å². The fraction of sp³-hybridized carbons (Fsp3) is 0.167. The van der Waals surface area contributed by atoms with Crippen molar-refractivity contribution in [3.8, 4) is 0 Å². The lowest BCUT2D eigenvalue weighted by Gasteiger charge is -2.06. The summed E-state index contributed by atoms with van der Waals surface area (Å²) in [6.45, 7) is 0.115. The molecule has 1 aromatic carbocycles. The molecule has 0 aliphatic rings. The molecule has 0 spiro atoms. The second-order valence-electron chi connectivity index (χ2n) is 4.00. The van der Waals surface area contributed by atoms with Crippen molar-refractivity contribution in [2.24, 2.45) is 0 Å². The van der Waals surface area contributed by atoms with Crippen molar-refractivity contribution in [1.82, 2.24) is 10.3 Å². The summed E-state index contributed by atoms with van der Waals surface area (Å²) in [4.78, 5) is 25.3. The van der Waals surface area contributed by atoms with Gasteiger partial charge in [-0.2, -0.15) is 4.39 Å². The zero-order valence-electron chi connectivity index (χ0n) is 10.5. The van der Waals surface area contributed by atoms with Gasteiger partial charge in [-0.3, -0.25) is 14.9 Å². The summed E-state index contributed by atoms with van der Waals surface area (Å²) in [6.07, 6.45) is 0.396. The van der Waals surface area contributed by atoms with Crippen LogP contribution in [0, 0.1) is 21.7 Å². The van der Waals surface area contributed by atoms with Gasteiger partial charge < -0.3 is 5.32 Å². The number of hydrogen-bond donors (Lipinski definition) is 1. The third-order valence-electron chi connectivity index (χ3n) is 2.64. The molecule has 110 valence electrons. The minimum Gasteiger partial charge on any atom is -0.351 e. The molecule has 21 heavy (non-hydrogen) atoms. The Morgan fingerprint density at radius 2 is 2.19 bits per heavy atom. The van der Waals surface area contributed by atoms with Gasteiger partial charge in [0.15, 0.2) is 0 Å². The predicted octanol–water partition coefficient (Wildman–Crippen LogP) is 2.30. The molecule has 0 unspecified atom stereocenters. The summed E-state index contributed by atoms with van der Waals surface area (Å²) in [5, 5.41) is 14.7. The predicted molar refractivity (Wildman–Crippen MR) is 71.2 cm³/mol. The van der Waals surface area contributed by atoms with E-state index in [2.05, 4.69) is 10.3 Å². The second kappa shape index (κ2) is 6.35. The molecule has 0 bridgehead atoms. The summed E-state index contributed by atoms with van der Waals surface area (Å²) >= 11 is 1.39. The molecule has 0 atom stereocenters. The van der Waals surface area contributed by atoms with Crippen LogP contribution in [0.15, 0.2) is 23.0 Å². The lowest BCUT2D eigenvalue weighted by molar-refractivity contribution is -0.387. The van der Waals surface area contributed by atoms with Gasteiger partial charge in [0.25, 0.3) is 5.91 Å². The quantitative estimate of drug-likeness (QED) is 0.678. The van der Waals surface area contributed by atoms with Crippen molar-refractivity contribution < 1.29 is 18.5 Å². The van der Waals surface area contributed by atoms with E-state index < -0.39 is 33.7 Å². The third kappa shape index (κ3) is 3.37. The molecule has 0 fully saturated rings. The highest BCUT2D eigenvalue weighted by Gasteiger charge is 2.25. The summed E-state index contributed by atoms with van der Waals surface area (Å²) in [7, 11) is 0. The molecular formula is C12H9F2N3O3S. The molecule has 2 aromatic rings. The number of nitro groups is 1. The van der Waals surface area contributed by atoms with Crippen LogP contribution in [0.2, 0.25) is 0 Å². The highest BCUT2D eigenvalue weighted by molar-refractivity contribution is 7.07. The van der Waals surface area contributed by atoms with Crippen molar-refractivity contribution in [3.63, 3.8) is 0 Å². The van der Waals surface area contributed by atoms with Gasteiger partial charge in [-0.25, -0.2) is 9.37 Å². The van der Waals surface area contributed by atoms with Crippen molar-refractivity contribution in [2.75, 3.05) is 6.54 Å². The molecule has 2 rings (SSSR count). The molecule has 0 aliphatic carbocycles. The number of nitro benzene ring substituents is 1. The van der Waals surface area contributed by atoms with Crippen molar-refractivity contribution >= 4 is 22.9 Å². The fourth-order valence-corrected chi connectivity index (χ4v) is 2.24. The summed E-state index contributed by atoms with van der Waals surface area (Å²) in [5.41, 5.74) is 0.459. The number of nitrogens with zero attached hydrogens (tertiary/aromatic N) is 2. The van der Waals surface area contributed by atoms with E-state index in [-0.39, 0.29) is 6.54 Å². The van der Waals surface area contributed by atoms with Crippen LogP contribution < -0.4 is 5.32 Å². The van der Waals surface area contributed by atoms with Crippen LogP contribution in [0.1, 0.15) is 16.1 Å². The Labute approximate surface area is 121 Å². The first-order valence-corrected chi connectivity index (χ1v) is 6.72. The standard InChI is InChI=1S/C12H9F2N3O3S/c13-8-1-2-9(17(19)20)11(14)10(8)12(18)15-4-3-7-5-21-6-16-7/h1-2,5-6H,3-4H2,(H,15,18). The maximum atomic E-state index is 13.8. The lowest BCUT2D eigenvalue weighted by atomic mass is 10.1. The average molecular weight is 313 g/mol. The number of carbonyl (C=O) groups excluding carboxylic acids is 1. The van der Waals surface area contributed by atoms with E-state index in [9.17, 15) is 23.7 Å². The van der Waals surface area contributed by atoms with Gasteiger partial charge >= 0.3 is 5.69 Å². The Bertz CT molecular complexity index is 677. The van der Waals surface area contributed by atoms with E-state index in [1.54, 1.807) is 10.9 Å². The van der Waals surface area contributed by atoms with Crippen molar-refractivity contribution in [2.45, 2.75) is 6.42 Å². The van der Waals surface area contributed by atoms with Gasteiger partial charge in [0.1, 0.15) is 11.4 Å². The highest BCUT2D eigenvalue weighted by atomic mass is 32.1. The van der Waals surface area contributed by atoms with Crippen LogP contribution in [0.25, 0.3) is 0 Å². The van der Waals surface area contributed by atoms with Gasteiger partial charge in [-0.05, 0) is 6.07 Å². The van der Waals surface area contributed by atoms with Crippen molar-refractivity contribution in [1.29, 1.82) is 0 Å². The van der Waals surface area contributed by atoms with E-state index >= 15 is 0 Å². The first-order valence-electron chi connectivity index (χ1n) is 5.78. The van der Waals surface area contributed by atoms with Crippen molar-refractivity contribution in [3.05, 3.63) is 56.0 Å². The largest absolute Gasteiger partial charge is 0.351 e. The summed E-state index contributed by atoms with van der Waals surface area (Å²) < 4.78 is 27.3. The Morgan fingerprint density at radius 3 is 2.81 bits per heavy atom. The number of benzene rings is 1. The topological polar surface area (TPSA) is 85.1 Å². The molecule has 0 saturated carbocycles. The maximum absolute atomic E-state index is 13.8. The van der Waals surface area contributed by atoms with Gasteiger partial charge in [0.2, 0.25) is 5.82 Å². The third-order valence-corrected chi connectivity index (χ3v) is 3.28. The molecule has 0 saturated heterocycles. The van der Waals surface area contributed by atoms with Crippen LogP contribution in [0.5, 0.6) is 0 Å². The molecule has 6 nitrogen and oxygen atoms in total. The van der Waals surface area contributed by atoms with E-state index in [0.717, 1.165) is 5.69 Å². The van der Waals surface area contributed by atoms with Crippen LogP contribution in [-0.4, -0.2) is 22.4 Å². The molecule has 1 amide bonds. The number of carbonyl (C=O) groups is 1. The van der Waals surface area contributed by atoms with Gasteiger partial charge in [0.05, 0.1) is 16.1 Å². The number of hydrogen-bond acceptors (Lipinski definition) is 5. The average Bonchev–Trinajstić information content (AvgIpc) is 2.91. The SMILES string of the molecule is O=C(NCCc1cscn1)c1c(F)ccc([N+](=O)[O-])c1F. The molecular weight excluding hydrogens is 304 g/mol. The van der Waals surface area contributed by atoms with E-state index in [4.69, 9.17) is 0 Å². The van der Waals surface area contributed by atoms with Gasteiger partial charge in [0, 0.05) is 24.4 Å². The number of aromatic nitrogens is 1. The first-order chi connectivity index (χ1) is 10.0. The highest BCUT2D eigenvalue weighted by Crippen LogP contribution is 2.22. The number of amides is 1. The lowest BCUT2D eigenvalue weighted by Crippen LogP contribution is -2.28. The summed E-state index contributed by atoms with van der Waals surface area (Å²) in [6, 6.07) is 1.37. The van der Waals surface area contributed by atoms with Gasteiger partial charge in [-0.15, -0.1) is 11.3 Å². The Morgan fingerprint density at radius 1 is 1.43 bits per heavy atom. The Hall–Kier alpha value is -2.42. The van der Waals surface area contributed by atoms with E-state index in [1.807, 2.05) is 0 Å². The normalized spacial score (nSPS) is 10.4.